The number of rotatable bonds is 4. The first-order chi connectivity index (χ1) is 9.54. The molecule has 0 aliphatic rings. The highest BCUT2D eigenvalue weighted by atomic mass is 32.2. The number of amides is 1. The second-order valence-corrected chi connectivity index (χ2v) is 5.75. The molecule has 2 aromatic rings. The topological polar surface area (TPSA) is 55.1 Å². The third-order valence-corrected chi connectivity index (χ3v) is 4.03. The quantitative estimate of drug-likeness (QED) is 0.667. The standard InChI is InChI=1S/C16H18N2OS/c1-11-6-7-12(2)15(8-11)20-10-16(19)18-14-5-3-4-13(17)9-14/h3-9H,10,17H2,1-2H3,(H,18,19). The van der Waals surface area contributed by atoms with Crippen molar-refractivity contribution in [1.82, 2.24) is 0 Å². The molecule has 0 aliphatic heterocycles. The Balaban J connectivity index is 1.94. The molecular weight excluding hydrogens is 268 g/mol. The smallest absolute Gasteiger partial charge is 0.234 e. The molecule has 0 heterocycles. The maximum atomic E-state index is 11.9. The van der Waals surface area contributed by atoms with Gasteiger partial charge in [0, 0.05) is 16.3 Å². The first-order valence-electron chi connectivity index (χ1n) is 6.40. The van der Waals surface area contributed by atoms with E-state index in [1.807, 2.05) is 12.1 Å². The number of benzene rings is 2. The van der Waals surface area contributed by atoms with Gasteiger partial charge in [-0.2, -0.15) is 0 Å². The molecule has 0 fully saturated rings. The van der Waals surface area contributed by atoms with Crippen LogP contribution in [0.5, 0.6) is 0 Å². The number of aryl methyl sites for hydroxylation is 2. The van der Waals surface area contributed by atoms with Gasteiger partial charge in [0.25, 0.3) is 0 Å². The Hall–Kier alpha value is -1.94. The highest BCUT2D eigenvalue weighted by Gasteiger charge is 2.06. The maximum absolute atomic E-state index is 11.9. The van der Waals surface area contributed by atoms with Crippen molar-refractivity contribution in [3.8, 4) is 0 Å². The van der Waals surface area contributed by atoms with Gasteiger partial charge in [-0.3, -0.25) is 4.79 Å². The first kappa shape index (κ1) is 14.5. The molecule has 0 aromatic heterocycles. The van der Waals surface area contributed by atoms with Crippen LogP contribution < -0.4 is 11.1 Å². The average molecular weight is 286 g/mol. The maximum Gasteiger partial charge on any atom is 0.234 e. The molecule has 104 valence electrons. The number of anilines is 2. The van der Waals surface area contributed by atoms with Gasteiger partial charge in [-0.1, -0.05) is 23.8 Å². The molecule has 4 heteroatoms. The lowest BCUT2D eigenvalue weighted by atomic mass is 10.2. The van der Waals surface area contributed by atoms with E-state index in [2.05, 4.69) is 37.4 Å². The summed E-state index contributed by atoms with van der Waals surface area (Å²) >= 11 is 1.55. The van der Waals surface area contributed by atoms with Gasteiger partial charge in [0.1, 0.15) is 0 Å². The van der Waals surface area contributed by atoms with E-state index in [4.69, 9.17) is 5.73 Å². The molecule has 3 N–H and O–H groups in total. The van der Waals surface area contributed by atoms with Gasteiger partial charge in [0.05, 0.1) is 5.75 Å². The minimum Gasteiger partial charge on any atom is -0.399 e. The summed E-state index contributed by atoms with van der Waals surface area (Å²) in [6, 6.07) is 13.5. The van der Waals surface area contributed by atoms with Crippen molar-refractivity contribution >= 4 is 29.0 Å². The zero-order chi connectivity index (χ0) is 14.5. The number of carbonyl (C=O) groups excluding carboxylic acids is 1. The number of nitrogens with one attached hydrogen (secondary N) is 1. The van der Waals surface area contributed by atoms with Crippen LogP contribution in [-0.4, -0.2) is 11.7 Å². The van der Waals surface area contributed by atoms with Crippen molar-refractivity contribution in [2.24, 2.45) is 0 Å². The predicted octanol–water partition coefficient (Wildman–Crippen LogP) is 3.62. The van der Waals surface area contributed by atoms with Gasteiger partial charge in [0.2, 0.25) is 5.91 Å². The summed E-state index contributed by atoms with van der Waals surface area (Å²) in [4.78, 5) is 13.1. The summed E-state index contributed by atoms with van der Waals surface area (Å²) in [5.74, 6) is 0.362. The second kappa shape index (κ2) is 6.48. The van der Waals surface area contributed by atoms with Crippen LogP contribution in [0.4, 0.5) is 11.4 Å². The molecule has 0 saturated carbocycles. The van der Waals surface area contributed by atoms with Crippen LogP contribution in [0.2, 0.25) is 0 Å². The van der Waals surface area contributed by atoms with Crippen LogP contribution in [0.25, 0.3) is 0 Å². The highest BCUT2D eigenvalue weighted by molar-refractivity contribution is 8.00. The average Bonchev–Trinajstić information content (AvgIpc) is 2.40. The van der Waals surface area contributed by atoms with Crippen molar-refractivity contribution < 1.29 is 4.79 Å². The minimum atomic E-state index is -0.0264. The van der Waals surface area contributed by atoms with E-state index in [1.54, 1.807) is 23.9 Å². The number of hydrogen-bond donors (Lipinski definition) is 2. The van der Waals surface area contributed by atoms with Crippen LogP contribution >= 0.6 is 11.8 Å². The Labute approximate surface area is 123 Å². The molecule has 0 aliphatic carbocycles. The molecule has 1 amide bonds. The van der Waals surface area contributed by atoms with Crippen LogP contribution in [0.1, 0.15) is 11.1 Å². The third kappa shape index (κ3) is 4.03. The molecule has 20 heavy (non-hydrogen) atoms. The first-order valence-corrected chi connectivity index (χ1v) is 7.38. The monoisotopic (exact) mass is 286 g/mol. The SMILES string of the molecule is Cc1ccc(C)c(SCC(=O)Nc2cccc(N)c2)c1. The normalized spacial score (nSPS) is 10.3. The highest BCUT2D eigenvalue weighted by Crippen LogP contribution is 2.23. The van der Waals surface area contributed by atoms with Crippen LogP contribution in [-0.2, 0) is 4.79 Å². The van der Waals surface area contributed by atoms with E-state index in [0.717, 1.165) is 10.6 Å². The van der Waals surface area contributed by atoms with Gasteiger partial charge in [-0.25, -0.2) is 0 Å². The largest absolute Gasteiger partial charge is 0.399 e. The van der Waals surface area contributed by atoms with E-state index >= 15 is 0 Å². The molecule has 0 bridgehead atoms. The van der Waals surface area contributed by atoms with Crippen molar-refractivity contribution in [2.45, 2.75) is 18.7 Å². The zero-order valence-electron chi connectivity index (χ0n) is 11.6. The van der Waals surface area contributed by atoms with E-state index < -0.39 is 0 Å². The van der Waals surface area contributed by atoms with E-state index in [9.17, 15) is 4.79 Å². The van der Waals surface area contributed by atoms with Gasteiger partial charge in [0.15, 0.2) is 0 Å². The van der Waals surface area contributed by atoms with Crippen molar-refractivity contribution in [2.75, 3.05) is 16.8 Å². The summed E-state index contributed by atoms with van der Waals surface area (Å²) in [7, 11) is 0. The van der Waals surface area contributed by atoms with Crippen LogP contribution in [0, 0.1) is 13.8 Å². The van der Waals surface area contributed by atoms with Crippen LogP contribution in [0.15, 0.2) is 47.4 Å². The molecule has 2 aromatic carbocycles. The molecule has 3 nitrogen and oxygen atoms in total. The second-order valence-electron chi connectivity index (χ2n) is 4.73. The van der Waals surface area contributed by atoms with Gasteiger partial charge >= 0.3 is 0 Å². The Morgan fingerprint density at radius 3 is 2.75 bits per heavy atom. The Morgan fingerprint density at radius 2 is 2.00 bits per heavy atom. The zero-order valence-corrected chi connectivity index (χ0v) is 12.5. The van der Waals surface area contributed by atoms with Crippen molar-refractivity contribution in [3.63, 3.8) is 0 Å². The van der Waals surface area contributed by atoms with E-state index in [0.29, 0.717) is 11.4 Å². The third-order valence-electron chi connectivity index (χ3n) is 2.87. The summed E-state index contributed by atoms with van der Waals surface area (Å²) in [6.07, 6.45) is 0. The summed E-state index contributed by atoms with van der Waals surface area (Å²) in [6.45, 7) is 4.11. The number of nitrogen functional groups attached to an aromatic ring is 1. The van der Waals surface area contributed by atoms with Gasteiger partial charge in [-0.15, -0.1) is 11.8 Å². The Bertz CT molecular complexity index is 626. The van der Waals surface area contributed by atoms with Crippen LogP contribution in [0.3, 0.4) is 0 Å². The Morgan fingerprint density at radius 1 is 1.20 bits per heavy atom. The van der Waals surface area contributed by atoms with Crippen molar-refractivity contribution in [1.29, 1.82) is 0 Å². The molecule has 0 unspecified atom stereocenters. The summed E-state index contributed by atoms with van der Waals surface area (Å²) in [5.41, 5.74) is 9.45. The lowest BCUT2D eigenvalue weighted by Gasteiger charge is -2.08. The predicted molar refractivity (Wildman–Crippen MR) is 86.1 cm³/mol. The summed E-state index contributed by atoms with van der Waals surface area (Å²) in [5, 5.41) is 2.85. The number of hydrogen-bond acceptors (Lipinski definition) is 3. The Kier molecular flexibility index (Phi) is 4.69. The fourth-order valence-corrected chi connectivity index (χ4v) is 2.74. The van der Waals surface area contributed by atoms with E-state index in [-0.39, 0.29) is 5.91 Å². The minimum absolute atomic E-state index is 0.0264. The number of nitrogens with two attached hydrogens (primary N) is 1. The summed E-state index contributed by atoms with van der Waals surface area (Å²) < 4.78 is 0. The van der Waals surface area contributed by atoms with Gasteiger partial charge in [-0.05, 0) is 43.7 Å². The molecule has 2 rings (SSSR count). The lowest BCUT2D eigenvalue weighted by Crippen LogP contribution is -2.14. The van der Waals surface area contributed by atoms with E-state index in [1.165, 1.54) is 11.1 Å². The van der Waals surface area contributed by atoms with Crippen molar-refractivity contribution in [3.05, 3.63) is 53.6 Å². The lowest BCUT2D eigenvalue weighted by molar-refractivity contribution is -0.113. The number of thioether (sulfide) groups is 1. The number of carbonyl (C=O) groups is 1. The molecule has 0 saturated heterocycles. The molecule has 0 radical (unpaired) electrons. The fraction of sp³-hybridized carbons (Fsp3) is 0.188. The van der Waals surface area contributed by atoms with Gasteiger partial charge < -0.3 is 11.1 Å². The molecular formula is C16H18N2OS. The fourth-order valence-electron chi connectivity index (χ4n) is 1.82. The molecule has 0 atom stereocenters. The molecule has 0 spiro atoms.